The minimum absolute atomic E-state index is 0.0221. The van der Waals surface area contributed by atoms with E-state index in [1.807, 2.05) is 13.0 Å². The van der Waals surface area contributed by atoms with Crippen LogP contribution in [0.5, 0.6) is 17.2 Å². The summed E-state index contributed by atoms with van der Waals surface area (Å²) in [5.41, 5.74) is 2.48. The lowest BCUT2D eigenvalue weighted by atomic mass is 10.1. The molecular formula is C31H32ClN3O8S2. The zero-order valence-corrected chi connectivity index (χ0v) is 27.5. The molecule has 1 amide bonds. The van der Waals surface area contributed by atoms with Crippen molar-refractivity contribution in [1.82, 2.24) is 0 Å². The molecule has 0 heterocycles. The molecule has 0 radical (unpaired) electrons. The topological polar surface area (TPSA) is 140 Å². The number of hydrogen-bond donors (Lipinski definition) is 2. The third kappa shape index (κ3) is 7.62. The number of ether oxygens (including phenoxy) is 3. The fraction of sp³-hybridized carbons (Fsp3) is 0.194. The number of aryl methyl sites for hydroxylation is 2. The number of anilines is 3. The lowest BCUT2D eigenvalue weighted by Gasteiger charge is -2.26. The first kappa shape index (κ1) is 33.4. The Labute approximate surface area is 267 Å². The number of amides is 1. The van der Waals surface area contributed by atoms with E-state index in [9.17, 15) is 21.6 Å². The van der Waals surface area contributed by atoms with Gasteiger partial charge in [0.1, 0.15) is 12.3 Å². The predicted molar refractivity (Wildman–Crippen MR) is 174 cm³/mol. The lowest BCUT2D eigenvalue weighted by Crippen LogP contribution is -2.38. The van der Waals surface area contributed by atoms with Crippen molar-refractivity contribution >= 4 is 54.6 Å². The van der Waals surface area contributed by atoms with Crippen LogP contribution in [0.2, 0.25) is 5.02 Å². The molecule has 238 valence electrons. The average Bonchev–Trinajstić information content (AvgIpc) is 3.01. The number of rotatable bonds is 12. The van der Waals surface area contributed by atoms with Crippen LogP contribution < -0.4 is 28.6 Å². The largest absolute Gasteiger partial charge is 0.495 e. The van der Waals surface area contributed by atoms with Crippen LogP contribution in [0.15, 0.2) is 88.7 Å². The summed E-state index contributed by atoms with van der Waals surface area (Å²) < 4.78 is 73.3. The molecule has 0 aliphatic carbocycles. The molecule has 14 heteroatoms. The SMILES string of the molecule is COc1ccc(S(=O)(=O)N(CC(=O)Nc2ccc(S(=O)(=O)Nc3ccc(C)cc3C)cc2)c2cc(Cl)ccc2OC)cc1OC. The average molecular weight is 674 g/mol. The van der Waals surface area contributed by atoms with Crippen molar-refractivity contribution in [3.63, 3.8) is 0 Å². The van der Waals surface area contributed by atoms with Crippen molar-refractivity contribution in [3.8, 4) is 17.2 Å². The van der Waals surface area contributed by atoms with Crippen LogP contribution in [-0.4, -0.2) is 50.6 Å². The third-order valence-corrected chi connectivity index (χ3v) is 10.1. The second-order valence-corrected chi connectivity index (χ2v) is 13.8. The minimum atomic E-state index is -4.40. The predicted octanol–water partition coefficient (Wildman–Crippen LogP) is 5.62. The van der Waals surface area contributed by atoms with Crippen LogP contribution in [-0.2, 0) is 24.8 Å². The van der Waals surface area contributed by atoms with Crippen molar-refractivity contribution in [2.45, 2.75) is 23.6 Å². The van der Waals surface area contributed by atoms with Crippen LogP contribution in [0, 0.1) is 13.8 Å². The molecule has 0 spiro atoms. The minimum Gasteiger partial charge on any atom is -0.495 e. The molecule has 0 unspecified atom stereocenters. The van der Waals surface area contributed by atoms with Crippen LogP contribution in [0.4, 0.5) is 17.1 Å². The molecule has 0 saturated heterocycles. The molecule has 4 rings (SSSR count). The van der Waals surface area contributed by atoms with Crippen LogP contribution in [0.3, 0.4) is 0 Å². The molecular weight excluding hydrogens is 642 g/mol. The van der Waals surface area contributed by atoms with E-state index in [4.69, 9.17) is 25.8 Å². The van der Waals surface area contributed by atoms with Crippen molar-refractivity contribution < 1.29 is 35.8 Å². The maximum Gasteiger partial charge on any atom is 0.265 e. The number of nitrogens with one attached hydrogen (secondary N) is 2. The number of carbonyl (C=O) groups is 1. The summed E-state index contributed by atoms with van der Waals surface area (Å²) in [5.74, 6) is -0.0777. The fourth-order valence-corrected chi connectivity index (χ4v) is 7.18. The monoisotopic (exact) mass is 673 g/mol. The highest BCUT2D eigenvalue weighted by Crippen LogP contribution is 2.37. The van der Waals surface area contributed by atoms with Crippen LogP contribution in [0.25, 0.3) is 0 Å². The van der Waals surface area contributed by atoms with E-state index in [-0.39, 0.29) is 37.7 Å². The summed E-state index contributed by atoms with van der Waals surface area (Å²) >= 11 is 6.22. The van der Waals surface area contributed by atoms with Gasteiger partial charge >= 0.3 is 0 Å². The molecule has 45 heavy (non-hydrogen) atoms. The molecule has 0 saturated carbocycles. The van der Waals surface area contributed by atoms with Crippen LogP contribution >= 0.6 is 11.6 Å². The standard InChI is InChI=1S/C31H32ClN3O8S2/c1-20-6-13-26(21(2)16-20)34-44(37,38)24-10-8-23(9-11-24)33-31(36)19-35(27-17-22(32)7-14-28(27)41-3)45(39,40)25-12-15-29(42-4)30(18-25)43-5/h6-18,34H,19H2,1-5H3,(H,33,36). The van der Waals surface area contributed by atoms with Gasteiger partial charge in [-0.15, -0.1) is 0 Å². The first-order chi connectivity index (χ1) is 21.3. The van der Waals surface area contributed by atoms with E-state index in [1.165, 1.54) is 82.0 Å². The van der Waals surface area contributed by atoms with Crippen molar-refractivity contribution in [1.29, 1.82) is 0 Å². The highest BCUT2D eigenvalue weighted by molar-refractivity contribution is 7.93. The highest BCUT2D eigenvalue weighted by atomic mass is 35.5. The van der Waals surface area contributed by atoms with Gasteiger partial charge in [0.2, 0.25) is 5.91 Å². The smallest absolute Gasteiger partial charge is 0.265 e. The van der Waals surface area contributed by atoms with Gasteiger partial charge in [0.25, 0.3) is 20.0 Å². The van der Waals surface area contributed by atoms with Crippen molar-refractivity contribution in [3.05, 3.63) is 95.0 Å². The van der Waals surface area contributed by atoms with Crippen molar-refractivity contribution in [2.75, 3.05) is 42.2 Å². The van der Waals surface area contributed by atoms with Gasteiger partial charge in [-0.05, 0) is 80.1 Å². The Balaban J connectivity index is 1.62. The van der Waals surface area contributed by atoms with E-state index in [0.29, 0.717) is 11.4 Å². The Morgan fingerprint density at radius 1 is 0.756 bits per heavy atom. The quantitative estimate of drug-likeness (QED) is 0.198. The van der Waals surface area contributed by atoms with Gasteiger partial charge in [-0.25, -0.2) is 16.8 Å². The molecule has 0 aliphatic rings. The Hall–Kier alpha value is -4.46. The zero-order chi connectivity index (χ0) is 32.9. The number of sulfonamides is 2. The first-order valence-corrected chi connectivity index (χ1v) is 16.7. The van der Waals surface area contributed by atoms with E-state index >= 15 is 0 Å². The summed E-state index contributed by atoms with van der Waals surface area (Å²) in [6.07, 6.45) is 0. The van der Waals surface area contributed by atoms with E-state index in [2.05, 4.69) is 10.0 Å². The molecule has 0 atom stereocenters. The van der Waals surface area contributed by atoms with Gasteiger partial charge in [0.15, 0.2) is 11.5 Å². The molecule has 0 fully saturated rings. The Morgan fingerprint density at radius 3 is 2.00 bits per heavy atom. The molecule has 11 nitrogen and oxygen atoms in total. The Kier molecular flexibility index (Phi) is 10.2. The van der Waals surface area contributed by atoms with Crippen LogP contribution in [0.1, 0.15) is 11.1 Å². The number of halogens is 1. The highest BCUT2D eigenvalue weighted by Gasteiger charge is 2.31. The Morgan fingerprint density at radius 2 is 1.38 bits per heavy atom. The van der Waals surface area contributed by atoms with Gasteiger partial charge in [0, 0.05) is 16.8 Å². The first-order valence-electron chi connectivity index (χ1n) is 13.4. The van der Waals surface area contributed by atoms with E-state index in [1.54, 1.807) is 19.1 Å². The number of hydrogen-bond acceptors (Lipinski definition) is 8. The Bertz CT molecular complexity index is 1930. The molecule has 0 bridgehead atoms. The van der Waals surface area contributed by atoms with E-state index < -0.39 is 32.5 Å². The summed E-state index contributed by atoms with van der Waals surface area (Å²) in [5, 5.41) is 2.84. The van der Waals surface area contributed by atoms with Gasteiger partial charge in [-0.3, -0.25) is 13.8 Å². The van der Waals surface area contributed by atoms with Gasteiger partial charge in [0.05, 0.1) is 42.5 Å². The maximum atomic E-state index is 14.0. The second-order valence-electron chi connectivity index (χ2n) is 9.84. The molecule has 0 aromatic heterocycles. The number of benzene rings is 4. The lowest BCUT2D eigenvalue weighted by molar-refractivity contribution is -0.114. The normalized spacial score (nSPS) is 11.4. The third-order valence-electron chi connectivity index (χ3n) is 6.71. The molecule has 4 aromatic carbocycles. The summed E-state index contributed by atoms with van der Waals surface area (Å²) in [6.45, 7) is 3.04. The summed E-state index contributed by atoms with van der Waals surface area (Å²) in [4.78, 5) is 13.1. The second kappa shape index (κ2) is 13.7. The number of methoxy groups -OCH3 is 3. The van der Waals surface area contributed by atoms with Gasteiger partial charge in [-0.1, -0.05) is 29.3 Å². The maximum absolute atomic E-state index is 14.0. The summed E-state index contributed by atoms with van der Waals surface area (Å²) in [7, 11) is -4.17. The molecule has 4 aromatic rings. The zero-order valence-electron chi connectivity index (χ0n) is 25.1. The van der Waals surface area contributed by atoms with Crippen molar-refractivity contribution in [2.24, 2.45) is 0 Å². The number of nitrogens with zero attached hydrogens (tertiary/aromatic N) is 1. The molecule has 0 aliphatic heterocycles. The van der Waals surface area contributed by atoms with Gasteiger partial charge in [-0.2, -0.15) is 0 Å². The molecule has 2 N–H and O–H groups in total. The fourth-order valence-electron chi connectivity index (χ4n) is 4.44. The van der Waals surface area contributed by atoms with E-state index in [0.717, 1.165) is 15.4 Å². The number of carbonyl (C=O) groups excluding carboxylic acids is 1. The van der Waals surface area contributed by atoms with Gasteiger partial charge < -0.3 is 19.5 Å². The summed E-state index contributed by atoms with van der Waals surface area (Å²) in [6, 6.07) is 19.2.